The Hall–Kier alpha value is -1.39. The number of nitrogens with two attached hydrogens (primary N) is 1. The van der Waals surface area contributed by atoms with E-state index in [0.717, 1.165) is 0 Å². The van der Waals surface area contributed by atoms with Crippen LogP contribution in [0.2, 0.25) is 0 Å². The standard InChI is InChI=1S/C8H8.C3H7NO2S/c1-2-8-6-4-3-5-7-8;1-2-3-7(4,5)6/h2-7H,1H2;2H,1,3H2,(H2,4,5,6). The largest absolute Gasteiger partial charge is 0.228 e. The first-order valence-corrected chi connectivity index (χ1v) is 6.00. The van der Waals surface area contributed by atoms with E-state index in [0.29, 0.717) is 0 Å². The molecule has 0 aromatic heterocycles. The van der Waals surface area contributed by atoms with Crippen LogP contribution in [-0.2, 0) is 10.0 Å². The summed E-state index contributed by atoms with van der Waals surface area (Å²) in [5, 5.41) is 4.55. The summed E-state index contributed by atoms with van der Waals surface area (Å²) in [7, 11) is -3.29. The molecule has 0 aliphatic carbocycles. The van der Waals surface area contributed by atoms with Crippen molar-refractivity contribution in [1.82, 2.24) is 0 Å². The van der Waals surface area contributed by atoms with Crippen LogP contribution < -0.4 is 5.14 Å². The second-order valence-corrected chi connectivity index (χ2v) is 4.39. The summed E-state index contributed by atoms with van der Waals surface area (Å²) < 4.78 is 19.9. The van der Waals surface area contributed by atoms with Crippen LogP contribution in [0.4, 0.5) is 0 Å². The van der Waals surface area contributed by atoms with Gasteiger partial charge in [-0.2, -0.15) is 0 Å². The average Bonchev–Trinajstić information content (AvgIpc) is 2.18. The van der Waals surface area contributed by atoms with Gasteiger partial charge in [-0.05, 0) is 5.56 Å². The summed E-state index contributed by atoms with van der Waals surface area (Å²) in [6, 6.07) is 10.0. The molecule has 0 aliphatic heterocycles. The summed E-state index contributed by atoms with van der Waals surface area (Å²) in [6.07, 6.45) is 3.08. The van der Waals surface area contributed by atoms with Crippen molar-refractivity contribution in [1.29, 1.82) is 0 Å². The van der Waals surface area contributed by atoms with E-state index in [-0.39, 0.29) is 5.75 Å². The van der Waals surface area contributed by atoms with Gasteiger partial charge in [0, 0.05) is 0 Å². The Bertz CT molecular complexity index is 396. The zero-order valence-corrected chi connectivity index (χ0v) is 9.28. The van der Waals surface area contributed by atoms with Crippen molar-refractivity contribution in [3.63, 3.8) is 0 Å². The van der Waals surface area contributed by atoms with Crippen LogP contribution in [-0.4, -0.2) is 14.2 Å². The SMILES string of the molecule is C=CCS(N)(=O)=O.C=Cc1ccccc1. The van der Waals surface area contributed by atoms with Gasteiger partial charge in [-0.15, -0.1) is 6.58 Å². The van der Waals surface area contributed by atoms with E-state index in [1.807, 2.05) is 36.4 Å². The van der Waals surface area contributed by atoms with E-state index in [1.165, 1.54) is 11.6 Å². The molecule has 0 fully saturated rings. The highest BCUT2D eigenvalue weighted by Gasteiger charge is 1.93. The molecule has 1 rings (SSSR count). The molecule has 0 spiro atoms. The predicted molar refractivity (Wildman–Crippen MR) is 64.7 cm³/mol. The first-order chi connectivity index (χ1) is 6.99. The van der Waals surface area contributed by atoms with Crippen molar-refractivity contribution in [3.05, 3.63) is 55.1 Å². The Kier molecular flexibility index (Phi) is 6.33. The molecule has 0 saturated heterocycles. The Balaban J connectivity index is 0.000000265. The number of hydrogen-bond donors (Lipinski definition) is 1. The normalized spacial score (nSPS) is 9.67. The average molecular weight is 225 g/mol. The van der Waals surface area contributed by atoms with Crippen molar-refractivity contribution in [2.45, 2.75) is 0 Å². The summed E-state index contributed by atoms with van der Waals surface area (Å²) in [5.74, 6) is -0.146. The van der Waals surface area contributed by atoms with Crippen molar-refractivity contribution < 1.29 is 8.42 Å². The predicted octanol–water partition coefficient (Wildman–Crippen LogP) is 1.79. The number of hydrogen-bond acceptors (Lipinski definition) is 2. The van der Waals surface area contributed by atoms with Crippen LogP contribution in [0.15, 0.2) is 49.6 Å². The fourth-order valence-electron chi connectivity index (χ4n) is 0.753. The van der Waals surface area contributed by atoms with Gasteiger partial charge in [0.1, 0.15) is 0 Å². The van der Waals surface area contributed by atoms with Gasteiger partial charge in [-0.1, -0.05) is 49.1 Å². The number of rotatable bonds is 3. The topological polar surface area (TPSA) is 60.2 Å². The van der Waals surface area contributed by atoms with E-state index in [4.69, 9.17) is 0 Å². The van der Waals surface area contributed by atoms with Crippen LogP contribution >= 0.6 is 0 Å². The van der Waals surface area contributed by atoms with Gasteiger partial charge in [0.2, 0.25) is 10.0 Å². The lowest BCUT2D eigenvalue weighted by Gasteiger charge is -1.85. The fourth-order valence-corrected chi connectivity index (χ4v) is 1.08. The van der Waals surface area contributed by atoms with E-state index >= 15 is 0 Å². The third-order valence-electron chi connectivity index (χ3n) is 1.39. The Morgan fingerprint density at radius 3 is 1.93 bits per heavy atom. The zero-order chi connectivity index (χ0) is 11.7. The van der Waals surface area contributed by atoms with E-state index in [9.17, 15) is 8.42 Å². The minimum atomic E-state index is -3.29. The molecule has 0 amide bonds. The third-order valence-corrected chi connectivity index (χ3v) is 2.09. The molecule has 4 heteroatoms. The van der Waals surface area contributed by atoms with E-state index in [1.54, 1.807) is 0 Å². The van der Waals surface area contributed by atoms with Crippen molar-refractivity contribution in [2.24, 2.45) is 5.14 Å². The van der Waals surface area contributed by atoms with Crippen LogP contribution in [0.3, 0.4) is 0 Å². The first-order valence-electron chi connectivity index (χ1n) is 4.28. The fraction of sp³-hybridized carbons (Fsp3) is 0.0909. The number of benzene rings is 1. The molecule has 82 valence electrons. The van der Waals surface area contributed by atoms with Gasteiger partial charge in [0.05, 0.1) is 5.75 Å². The molecule has 0 unspecified atom stereocenters. The van der Waals surface area contributed by atoms with Gasteiger partial charge < -0.3 is 0 Å². The Labute approximate surface area is 91.0 Å². The van der Waals surface area contributed by atoms with E-state index in [2.05, 4.69) is 18.3 Å². The lowest BCUT2D eigenvalue weighted by molar-refractivity contribution is 0.600. The molecule has 2 N–H and O–H groups in total. The van der Waals surface area contributed by atoms with Crippen LogP contribution in [0.1, 0.15) is 5.56 Å². The second kappa shape index (κ2) is 6.98. The first kappa shape index (κ1) is 13.6. The number of sulfonamides is 1. The van der Waals surface area contributed by atoms with E-state index < -0.39 is 10.0 Å². The van der Waals surface area contributed by atoms with Crippen molar-refractivity contribution >= 4 is 16.1 Å². The minimum absolute atomic E-state index is 0.146. The Morgan fingerprint density at radius 2 is 1.73 bits per heavy atom. The molecule has 3 nitrogen and oxygen atoms in total. The maximum Gasteiger partial charge on any atom is 0.212 e. The third kappa shape index (κ3) is 8.93. The highest BCUT2D eigenvalue weighted by molar-refractivity contribution is 7.89. The molecular weight excluding hydrogens is 210 g/mol. The smallest absolute Gasteiger partial charge is 0.212 e. The van der Waals surface area contributed by atoms with Gasteiger partial charge in [0.25, 0.3) is 0 Å². The molecular formula is C11H15NO2S. The lowest BCUT2D eigenvalue weighted by Crippen LogP contribution is -2.14. The van der Waals surface area contributed by atoms with Crippen LogP contribution in [0.5, 0.6) is 0 Å². The molecule has 0 atom stereocenters. The van der Waals surface area contributed by atoms with Crippen molar-refractivity contribution in [2.75, 3.05) is 5.75 Å². The monoisotopic (exact) mass is 225 g/mol. The second-order valence-electron chi connectivity index (χ2n) is 2.73. The van der Waals surface area contributed by atoms with Gasteiger partial charge in [-0.3, -0.25) is 0 Å². The van der Waals surface area contributed by atoms with Crippen LogP contribution in [0.25, 0.3) is 6.08 Å². The highest BCUT2D eigenvalue weighted by Crippen LogP contribution is 1.97. The maximum atomic E-state index is 9.94. The molecule has 0 saturated carbocycles. The number of primary sulfonamides is 1. The molecule has 0 bridgehead atoms. The zero-order valence-electron chi connectivity index (χ0n) is 8.46. The summed E-state index contributed by atoms with van der Waals surface area (Å²) >= 11 is 0. The highest BCUT2D eigenvalue weighted by atomic mass is 32.2. The van der Waals surface area contributed by atoms with Crippen LogP contribution in [0, 0.1) is 0 Å². The molecule has 1 aromatic carbocycles. The molecule has 1 aromatic rings. The molecule has 15 heavy (non-hydrogen) atoms. The summed E-state index contributed by atoms with van der Waals surface area (Å²) in [4.78, 5) is 0. The van der Waals surface area contributed by atoms with Gasteiger partial charge in [-0.25, -0.2) is 13.6 Å². The molecule has 0 radical (unpaired) electrons. The quantitative estimate of drug-likeness (QED) is 0.797. The molecule has 0 heterocycles. The summed E-state index contributed by atoms with van der Waals surface area (Å²) in [5.41, 5.74) is 1.17. The van der Waals surface area contributed by atoms with Gasteiger partial charge >= 0.3 is 0 Å². The minimum Gasteiger partial charge on any atom is -0.228 e. The van der Waals surface area contributed by atoms with Gasteiger partial charge in [0.15, 0.2) is 0 Å². The molecule has 0 aliphatic rings. The van der Waals surface area contributed by atoms with Crippen molar-refractivity contribution in [3.8, 4) is 0 Å². The summed E-state index contributed by atoms with van der Waals surface area (Å²) in [6.45, 7) is 6.82. The maximum absolute atomic E-state index is 9.94. The lowest BCUT2D eigenvalue weighted by atomic mass is 10.2. The Morgan fingerprint density at radius 1 is 1.20 bits per heavy atom.